The Kier molecular flexibility index (Phi) is 6.04. The number of hydrogen-bond acceptors (Lipinski definition) is 3. The van der Waals surface area contributed by atoms with E-state index in [-0.39, 0.29) is 16.8 Å². The summed E-state index contributed by atoms with van der Waals surface area (Å²) in [5.41, 5.74) is -0.187. The Morgan fingerprint density at radius 2 is 1.71 bits per heavy atom. The normalized spacial score (nSPS) is 17.3. The first-order valence-electron chi connectivity index (χ1n) is 8.62. The molecule has 0 spiro atoms. The van der Waals surface area contributed by atoms with E-state index in [0.717, 1.165) is 25.7 Å². The quantitative estimate of drug-likeness (QED) is 0.817. The van der Waals surface area contributed by atoms with E-state index in [1.165, 1.54) is 25.0 Å². The highest BCUT2D eigenvalue weighted by atomic mass is 32.2. The van der Waals surface area contributed by atoms with Crippen molar-refractivity contribution in [2.75, 3.05) is 0 Å². The lowest BCUT2D eigenvalue weighted by Crippen LogP contribution is -2.40. The number of amides is 1. The second-order valence-electron chi connectivity index (χ2n) is 7.55. The maximum Gasteiger partial charge on any atom is 0.251 e. The maximum atomic E-state index is 12.5. The molecule has 1 aliphatic rings. The number of carbonyl (C=O) groups excluding carboxylic acids is 1. The van der Waals surface area contributed by atoms with E-state index in [2.05, 4.69) is 10.0 Å². The van der Waals surface area contributed by atoms with Crippen molar-refractivity contribution < 1.29 is 13.2 Å². The van der Waals surface area contributed by atoms with E-state index in [1.807, 2.05) is 0 Å². The predicted octanol–water partition coefficient (Wildman–Crippen LogP) is 3.22. The van der Waals surface area contributed by atoms with Gasteiger partial charge in [-0.1, -0.05) is 31.7 Å². The number of hydrogen-bond donors (Lipinski definition) is 2. The van der Waals surface area contributed by atoms with Crippen molar-refractivity contribution in [3.8, 4) is 0 Å². The molecular formula is C18H28N2O3S. The Balaban J connectivity index is 2.13. The van der Waals surface area contributed by atoms with E-state index in [4.69, 9.17) is 0 Å². The van der Waals surface area contributed by atoms with Crippen LogP contribution in [0.25, 0.3) is 0 Å². The lowest BCUT2D eigenvalue weighted by Gasteiger charge is -2.20. The van der Waals surface area contributed by atoms with Gasteiger partial charge in [-0.25, -0.2) is 13.1 Å². The highest BCUT2D eigenvalue weighted by molar-refractivity contribution is 7.89. The number of nitrogens with one attached hydrogen (secondary N) is 2. The number of carbonyl (C=O) groups is 1. The van der Waals surface area contributed by atoms with Crippen LogP contribution in [0.1, 0.15) is 69.7 Å². The van der Waals surface area contributed by atoms with Crippen molar-refractivity contribution in [3.63, 3.8) is 0 Å². The summed E-state index contributed by atoms with van der Waals surface area (Å²) in [6, 6.07) is 6.41. The summed E-state index contributed by atoms with van der Waals surface area (Å²) in [5, 5.41) is 3.05. The number of rotatable bonds is 4. The van der Waals surface area contributed by atoms with Crippen LogP contribution in [0.3, 0.4) is 0 Å². The number of sulfonamides is 1. The van der Waals surface area contributed by atoms with E-state index >= 15 is 0 Å². The first-order chi connectivity index (χ1) is 11.2. The third-order valence-electron chi connectivity index (χ3n) is 4.04. The SMILES string of the molecule is CC(C)(C)NS(=O)(=O)c1cccc(C(=O)NC2CCCCCC2)c1. The molecule has 0 heterocycles. The molecule has 0 aliphatic heterocycles. The molecule has 0 aromatic heterocycles. The molecule has 0 atom stereocenters. The van der Waals surface area contributed by atoms with Crippen LogP contribution in [-0.4, -0.2) is 25.9 Å². The fraction of sp³-hybridized carbons (Fsp3) is 0.611. The van der Waals surface area contributed by atoms with Gasteiger partial charge < -0.3 is 5.32 Å². The molecule has 0 saturated heterocycles. The van der Waals surface area contributed by atoms with E-state index in [1.54, 1.807) is 32.9 Å². The van der Waals surface area contributed by atoms with Crippen molar-refractivity contribution in [1.29, 1.82) is 0 Å². The van der Waals surface area contributed by atoms with Gasteiger partial charge in [0.05, 0.1) is 4.90 Å². The Hall–Kier alpha value is -1.40. The van der Waals surface area contributed by atoms with Gasteiger partial charge >= 0.3 is 0 Å². The van der Waals surface area contributed by atoms with Crippen molar-refractivity contribution in [2.45, 2.75) is 75.8 Å². The fourth-order valence-electron chi connectivity index (χ4n) is 2.96. The Morgan fingerprint density at radius 3 is 2.29 bits per heavy atom. The lowest BCUT2D eigenvalue weighted by atomic mass is 10.1. The highest BCUT2D eigenvalue weighted by Gasteiger charge is 2.23. The van der Waals surface area contributed by atoms with Crippen LogP contribution in [0.2, 0.25) is 0 Å². The molecule has 0 bridgehead atoms. The zero-order chi connectivity index (χ0) is 17.8. The van der Waals surface area contributed by atoms with E-state index in [0.29, 0.717) is 5.56 Å². The molecule has 1 aromatic carbocycles. The fourth-order valence-corrected chi connectivity index (χ4v) is 4.42. The zero-order valence-corrected chi connectivity index (χ0v) is 15.6. The second-order valence-corrected chi connectivity index (χ2v) is 9.23. The summed E-state index contributed by atoms with van der Waals surface area (Å²) >= 11 is 0. The smallest absolute Gasteiger partial charge is 0.251 e. The second kappa shape index (κ2) is 7.66. The standard InChI is InChI=1S/C18H28N2O3S/c1-18(2,3)20-24(22,23)16-12-8-9-14(13-16)17(21)19-15-10-6-4-5-7-11-15/h8-9,12-13,15,20H,4-7,10-11H2,1-3H3,(H,19,21). The third-order valence-corrected chi connectivity index (χ3v) is 5.79. The minimum absolute atomic E-state index is 0.117. The van der Waals surface area contributed by atoms with Crippen LogP contribution in [0.5, 0.6) is 0 Å². The summed E-state index contributed by atoms with van der Waals surface area (Å²) in [5.74, 6) is -0.199. The average Bonchev–Trinajstić information content (AvgIpc) is 2.73. The molecule has 0 radical (unpaired) electrons. The van der Waals surface area contributed by atoms with Gasteiger partial charge in [0, 0.05) is 17.1 Å². The molecule has 1 amide bonds. The van der Waals surface area contributed by atoms with Gasteiger partial charge in [-0.3, -0.25) is 4.79 Å². The summed E-state index contributed by atoms with van der Waals surface area (Å²) in [7, 11) is -3.64. The van der Waals surface area contributed by atoms with Crippen LogP contribution in [0.15, 0.2) is 29.2 Å². The van der Waals surface area contributed by atoms with Gasteiger partial charge in [-0.15, -0.1) is 0 Å². The molecule has 24 heavy (non-hydrogen) atoms. The maximum absolute atomic E-state index is 12.5. The van der Waals surface area contributed by atoms with Crippen LogP contribution in [0, 0.1) is 0 Å². The van der Waals surface area contributed by atoms with Crippen LogP contribution < -0.4 is 10.0 Å². The van der Waals surface area contributed by atoms with Crippen LogP contribution in [-0.2, 0) is 10.0 Å². The number of benzene rings is 1. The predicted molar refractivity (Wildman–Crippen MR) is 95.5 cm³/mol. The van der Waals surface area contributed by atoms with E-state index in [9.17, 15) is 13.2 Å². The van der Waals surface area contributed by atoms with Gasteiger partial charge in [0.2, 0.25) is 10.0 Å². The van der Waals surface area contributed by atoms with Crippen molar-refractivity contribution in [3.05, 3.63) is 29.8 Å². The van der Waals surface area contributed by atoms with Crippen molar-refractivity contribution in [1.82, 2.24) is 10.0 Å². The molecule has 1 aromatic rings. The molecule has 2 rings (SSSR count). The monoisotopic (exact) mass is 352 g/mol. The molecule has 1 aliphatic carbocycles. The summed E-state index contributed by atoms with van der Waals surface area (Å²) in [6.07, 6.45) is 6.70. The largest absolute Gasteiger partial charge is 0.349 e. The molecule has 0 unspecified atom stereocenters. The molecular weight excluding hydrogens is 324 g/mol. The highest BCUT2D eigenvalue weighted by Crippen LogP contribution is 2.19. The minimum Gasteiger partial charge on any atom is -0.349 e. The van der Waals surface area contributed by atoms with Crippen LogP contribution in [0.4, 0.5) is 0 Å². The summed E-state index contributed by atoms with van der Waals surface area (Å²) in [6.45, 7) is 5.35. The molecule has 6 heteroatoms. The van der Waals surface area contributed by atoms with Gasteiger partial charge in [0.15, 0.2) is 0 Å². The lowest BCUT2D eigenvalue weighted by molar-refractivity contribution is 0.0933. The van der Waals surface area contributed by atoms with Crippen LogP contribution >= 0.6 is 0 Å². The first-order valence-corrected chi connectivity index (χ1v) is 10.1. The summed E-state index contributed by atoms with van der Waals surface area (Å²) in [4.78, 5) is 12.6. The average molecular weight is 353 g/mol. The Morgan fingerprint density at radius 1 is 1.08 bits per heavy atom. The Bertz CT molecular complexity index is 670. The molecule has 5 nitrogen and oxygen atoms in total. The molecule has 1 fully saturated rings. The van der Waals surface area contributed by atoms with Crippen molar-refractivity contribution >= 4 is 15.9 Å². The first kappa shape index (κ1) is 18.9. The molecule has 1 saturated carbocycles. The van der Waals surface area contributed by atoms with Gasteiger partial charge in [0.1, 0.15) is 0 Å². The Labute approximate surface area is 145 Å². The zero-order valence-electron chi connectivity index (χ0n) is 14.8. The third kappa shape index (κ3) is 5.60. The van der Waals surface area contributed by atoms with Gasteiger partial charge in [-0.2, -0.15) is 0 Å². The summed E-state index contributed by atoms with van der Waals surface area (Å²) < 4.78 is 27.4. The molecule has 134 valence electrons. The van der Waals surface area contributed by atoms with Gasteiger partial charge in [0.25, 0.3) is 5.91 Å². The topological polar surface area (TPSA) is 75.3 Å². The van der Waals surface area contributed by atoms with Crippen molar-refractivity contribution in [2.24, 2.45) is 0 Å². The van der Waals surface area contributed by atoms with Gasteiger partial charge in [-0.05, 0) is 51.8 Å². The minimum atomic E-state index is -3.64. The molecule has 2 N–H and O–H groups in total. The van der Waals surface area contributed by atoms with E-state index < -0.39 is 15.6 Å².